The van der Waals surface area contributed by atoms with Gasteiger partial charge in [-0.15, -0.1) is 0 Å². The minimum absolute atomic E-state index is 0.140. The molecular weight excluding hydrogens is 208 g/mol. The molecule has 90 valence electrons. The molecule has 0 spiro atoms. The molecule has 0 unspecified atom stereocenters. The number of carbonyl (C=O) groups is 1. The number of carbonyl (C=O) groups excluding carboxylic acids is 1. The summed E-state index contributed by atoms with van der Waals surface area (Å²) in [5.74, 6) is 0. The Hall–Kier alpha value is -1.37. The van der Waals surface area contributed by atoms with Crippen LogP contribution in [0.3, 0.4) is 0 Å². The number of rotatable bonds is 2. The number of aldehydes is 1. The molecule has 0 saturated carbocycles. The van der Waals surface area contributed by atoms with Gasteiger partial charge in [-0.05, 0) is 33.9 Å². The second-order valence-corrected chi connectivity index (χ2v) is 6.20. The molecule has 0 amide bonds. The van der Waals surface area contributed by atoms with Gasteiger partial charge < -0.3 is 0 Å². The van der Waals surface area contributed by atoms with Crippen LogP contribution in [0.2, 0.25) is 0 Å². The van der Waals surface area contributed by atoms with Gasteiger partial charge in [0, 0.05) is 5.57 Å². The van der Waals surface area contributed by atoms with Crippen LogP contribution in [0.5, 0.6) is 0 Å². The van der Waals surface area contributed by atoms with Gasteiger partial charge in [0.05, 0.1) is 0 Å². The van der Waals surface area contributed by atoms with Crippen molar-refractivity contribution in [3.05, 3.63) is 41.5 Å². The Bertz CT molecular complexity index is 492. The first kappa shape index (κ1) is 12.1. The first-order chi connectivity index (χ1) is 7.79. The summed E-state index contributed by atoms with van der Waals surface area (Å²) >= 11 is 0. The Morgan fingerprint density at radius 3 is 2.53 bits per heavy atom. The predicted molar refractivity (Wildman–Crippen MR) is 72.1 cm³/mol. The van der Waals surface area contributed by atoms with Crippen molar-refractivity contribution in [2.45, 2.75) is 39.5 Å². The van der Waals surface area contributed by atoms with E-state index in [1.807, 2.05) is 6.07 Å². The van der Waals surface area contributed by atoms with E-state index in [2.05, 4.69) is 46.4 Å². The van der Waals surface area contributed by atoms with Gasteiger partial charge in [0.25, 0.3) is 0 Å². The van der Waals surface area contributed by atoms with E-state index in [0.29, 0.717) is 5.57 Å². The third kappa shape index (κ3) is 1.65. The van der Waals surface area contributed by atoms with Gasteiger partial charge in [0.1, 0.15) is 6.29 Å². The molecule has 2 rings (SSSR count). The van der Waals surface area contributed by atoms with E-state index in [1.54, 1.807) is 0 Å². The van der Waals surface area contributed by atoms with Crippen molar-refractivity contribution in [3.8, 4) is 0 Å². The van der Waals surface area contributed by atoms with E-state index in [4.69, 9.17) is 0 Å². The van der Waals surface area contributed by atoms with Crippen molar-refractivity contribution >= 4 is 11.9 Å². The molecule has 1 aromatic carbocycles. The largest absolute Gasteiger partial charge is 0.298 e. The summed E-state index contributed by atoms with van der Waals surface area (Å²) in [4.78, 5) is 10.8. The Morgan fingerprint density at radius 1 is 1.29 bits per heavy atom. The van der Waals surface area contributed by atoms with E-state index in [9.17, 15) is 4.79 Å². The highest BCUT2D eigenvalue weighted by atomic mass is 16.1. The third-order valence-corrected chi connectivity index (χ3v) is 4.62. The molecule has 1 nitrogen and oxygen atoms in total. The number of allylic oxidation sites excluding steroid dienone is 1. The van der Waals surface area contributed by atoms with Gasteiger partial charge in [-0.2, -0.15) is 0 Å². The summed E-state index contributed by atoms with van der Waals surface area (Å²) in [7, 11) is 0. The van der Waals surface area contributed by atoms with E-state index in [-0.39, 0.29) is 10.8 Å². The molecule has 0 aromatic heterocycles. The molecular formula is C16H20O. The van der Waals surface area contributed by atoms with Gasteiger partial charge in [0.2, 0.25) is 0 Å². The summed E-state index contributed by atoms with van der Waals surface area (Å²) in [5.41, 5.74) is 4.68. The lowest BCUT2D eigenvalue weighted by molar-refractivity contribution is -0.103. The smallest absolute Gasteiger partial charge is 0.150 e. The standard InChI is InChI=1S/C16H20O/c1-11(10-17)12-6-7-13-9-15(2,3)16(4,5)14(13)8-12/h6-8,10H,1,9H2,2-5H3. The predicted octanol–water partition coefficient (Wildman–Crippen LogP) is 3.76. The first-order valence-corrected chi connectivity index (χ1v) is 6.07. The Labute approximate surface area is 104 Å². The van der Waals surface area contributed by atoms with Crippen molar-refractivity contribution in [2.24, 2.45) is 5.41 Å². The van der Waals surface area contributed by atoms with Gasteiger partial charge in [-0.3, -0.25) is 4.79 Å². The quantitative estimate of drug-likeness (QED) is 0.556. The van der Waals surface area contributed by atoms with Crippen molar-refractivity contribution in [2.75, 3.05) is 0 Å². The Kier molecular flexibility index (Phi) is 2.53. The molecule has 0 heterocycles. The lowest BCUT2D eigenvalue weighted by Crippen LogP contribution is -2.32. The van der Waals surface area contributed by atoms with Crippen LogP contribution in [0.4, 0.5) is 0 Å². The fourth-order valence-corrected chi connectivity index (χ4v) is 2.64. The minimum Gasteiger partial charge on any atom is -0.298 e. The van der Waals surface area contributed by atoms with Crippen LogP contribution in [-0.2, 0) is 16.6 Å². The van der Waals surface area contributed by atoms with Crippen LogP contribution >= 0.6 is 0 Å². The van der Waals surface area contributed by atoms with Crippen LogP contribution in [0.1, 0.15) is 44.4 Å². The molecule has 0 radical (unpaired) electrons. The fourth-order valence-electron chi connectivity index (χ4n) is 2.64. The summed E-state index contributed by atoms with van der Waals surface area (Å²) in [6.45, 7) is 13.0. The molecule has 17 heavy (non-hydrogen) atoms. The van der Waals surface area contributed by atoms with Crippen LogP contribution in [0, 0.1) is 5.41 Å². The monoisotopic (exact) mass is 228 g/mol. The average molecular weight is 228 g/mol. The lowest BCUT2D eigenvalue weighted by atomic mass is 9.68. The topological polar surface area (TPSA) is 17.1 Å². The van der Waals surface area contributed by atoms with E-state index in [0.717, 1.165) is 18.3 Å². The number of fused-ring (bicyclic) bond motifs is 1. The van der Waals surface area contributed by atoms with Crippen LogP contribution in [0.15, 0.2) is 24.8 Å². The van der Waals surface area contributed by atoms with Crippen LogP contribution in [0.25, 0.3) is 5.57 Å². The van der Waals surface area contributed by atoms with E-state index < -0.39 is 0 Å². The third-order valence-electron chi connectivity index (χ3n) is 4.62. The average Bonchev–Trinajstić information content (AvgIpc) is 2.44. The number of benzene rings is 1. The van der Waals surface area contributed by atoms with Crippen molar-refractivity contribution < 1.29 is 4.79 Å². The highest BCUT2D eigenvalue weighted by Gasteiger charge is 2.45. The zero-order valence-electron chi connectivity index (χ0n) is 11.1. The molecule has 0 bridgehead atoms. The number of hydrogen-bond acceptors (Lipinski definition) is 1. The minimum atomic E-state index is 0.140. The Morgan fingerprint density at radius 2 is 1.94 bits per heavy atom. The molecule has 0 atom stereocenters. The molecule has 0 fully saturated rings. The van der Waals surface area contributed by atoms with Crippen molar-refractivity contribution in [3.63, 3.8) is 0 Å². The molecule has 0 saturated heterocycles. The summed E-state index contributed by atoms with van der Waals surface area (Å²) in [6, 6.07) is 6.30. The van der Waals surface area contributed by atoms with Crippen molar-refractivity contribution in [1.29, 1.82) is 0 Å². The van der Waals surface area contributed by atoms with Crippen LogP contribution < -0.4 is 0 Å². The van der Waals surface area contributed by atoms with E-state index in [1.165, 1.54) is 11.1 Å². The van der Waals surface area contributed by atoms with E-state index >= 15 is 0 Å². The summed E-state index contributed by atoms with van der Waals surface area (Å²) in [5, 5.41) is 0. The summed E-state index contributed by atoms with van der Waals surface area (Å²) in [6.07, 6.45) is 1.93. The molecule has 1 aromatic rings. The maximum absolute atomic E-state index is 10.8. The fraction of sp³-hybridized carbons (Fsp3) is 0.438. The summed E-state index contributed by atoms with van der Waals surface area (Å²) < 4.78 is 0. The van der Waals surface area contributed by atoms with Crippen molar-refractivity contribution in [1.82, 2.24) is 0 Å². The Balaban J connectivity index is 2.56. The maximum atomic E-state index is 10.8. The lowest BCUT2D eigenvalue weighted by Gasteiger charge is -2.35. The van der Waals surface area contributed by atoms with Gasteiger partial charge in [-0.25, -0.2) is 0 Å². The second-order valence-electron chi connectivity index (χ2n) is 6.20. The van der Waals surface area contributed by atoms with Crippen LogP contribution in [-0.4, -0.2) is 6.29 Å². The SMILES string of the molecule is C=C(C=O)c1ccc2c(c1)C(C)(C)C(C)(C)C2. The van der Waals surface area contributed by atoms with Gasteiger partial charge in [-0.1, -0.05) is 52.5 Å². The molecule has 1 aliphatic rings. The molecule has 1 heteroatoms. The van der Waals surface area contributed by atoms with Gasteiger partial charge >= 0.3 is 0 Å². The van der Waals surface area contributed by atoms with Gasteiger partial charge in [0.15, 0.2) is 0 Å². The highest BCUT2D eigenvalue weighted by molar-refractivity contribution is 6.05. The highest BCUT2D eigenvalue weighted by Crippen LogP contribution is 2.51. The maximum Gasteiger partial charge on any atom is 0.150 e. The zero-order chi connectivity index (χ0) is 12.8. The normalized spacial score (nSPS) is 19.8. The molecule has 0 N–H and O–H groups in total. The first-order valence-electron chi connectivity index (χ1n) is 6.07. The molecule has 0 aliphatic heterocycles. The molecule has 1 aliphatic carbocycles. The second kappa shape index (κ2) is 3.56. The number of hydrogen-bond donors (Lipinski definition) is 0. The zero-order valence-corrected chi connectivity index (χ0v) is 11.1.